The van der Waals surface area contributed by atoms with E-state index in [4.69, 9.17) is 5.73 Å². The van der Waals surface area contributed by atoms with Gasteiger partial charge in [0.05, 0.1) is 9.75 Å². The molecule has 3 N–H and O–H groups in total. The van der Waals surface area contributed by atoms with Gasteiger partial charge in [-0.05, 0) is 19.1 Å². The average Bonchev–Trinajstić information content (AvgIpc) is 3.03. The lowest BCUT2D eigenvalue weighted by atomic mass is 10.3. The molecule has 1 fully saturated rings. The summed E-state index contributed by atoms with van der Waals surface area (Å²) in [7, 11) is 0. The highest BCUT2D eigenvalue weighted by Crippen LogP contribution is 2.20. The molecule has 1 aliphatic rings. The fraction of sp³-hybridized carbons (Fsp3) is 0.333. The molecule has 1 aliphatic heterocycles. The third-order valence-electron chi connectivity index (χ3n) is 3.80. The molecular formula is C15H17N5O3S. The predicted octanol–water partition coefficient (Wildman–Crippen LogP) is 0.579. The van der Waals surface area contributed by atoms with Crippen LogP contribution in [0, 0.1) is 0 Å². The number of ketones is 1. The normalized spacial score (nSPS) is 14.7. The van der Waals surface area contributed by atoms with Crippen LogP contribution in [0.3, 0.4) is 0 Å². The molecule has 0 saturated carbocycles. The first-order chi connectivity index (χ1) is 11.4. The van der Waals surface area contributed by atoms with Crippen molar-refractivity contribution >= 4 is 34.8 Å². The lowest BCUT2D eigenvalue weighted by Gasteiger charge is -2.35. The van der Waals surface area contributed by atoms with E-state index in [0.29, 0.717) is 41.8 Å². The molecule has 1 saturated heterocycles. The van der Waals surface area contributed by atoms with E-state index in [1.807, 2.05) is 4.90 Å². The van der Waals surface area contributed by atoms with E-state index in [2.05, 4.69) is 9.97 Å². The molecule has 9 heteroatoms. The van der Waals surface area contributed by atoms with Gasteiger partial charge in [-0.15, -0.1) is 11.3 Å². The standard InChI is InChI=1S/C15H17N5O3S/c1-9(21)10-2-3-11(24-10)14(23)20-6-4-19(5-7-20)12-8-13(22)18-15(16)17-12/h2-3,8H,4-7H2,1H3,(H3,16,17,18,22). The number of piperazine rings is 1. The monoisotopic (exact) mass is 347 g/mol. The third-order valence-corrected chi connectivity index (χ3v) is 4.98. The van der Waals surface area contributed by atoms with E-state index in [-0.39, 0.29) is 23.2 Å². The van der Waals surface area contributed by atoms with Gasteiger partial charge in [0.25, 0.3) is 11.5 Å². The van der Waals surface area contributed by atoms with Crippen molar-refractivity contribution in [3.05, 3.63) is 38.3 Å². The number of aromatic amines is 1. The van der Waals surface area contributed by atoms with E-state index < -0.39 is 0 Å². The van der Waals surface area contributed by atoms with E-state index in [1.165, 1.54) is 24.3 Å². The fourth-order valence-electron chi connectivity index (χ4n) is 2.56. The molecule has 3 heterocycles. The van der Waals surface area contributed by atoms with Crippen LogP contribution in [-0.4, -0.2) is 52.7 Å². The van der Waals surface area contributed by atoms with E-state index in [0.717, 1.165) is 0 Å². The van der Waals surface area contributed by atoms with Crippen molar-refractivity contribution in [2.75, 3.05) is 36.8 Å². The zero-order valence-corrected chi connectivity index (χ0v) is 13.9. The van der Waals surface area contributed by atoms with Gasteiger partial charge >= 0.3 is 0 Å². The number of thiophene rings is 1. The number of hydrogen-bond donors (Lipinski definition) is 2. The Morgan fingerprint density at radius 2 is 1.88 bits per heavy atom. The number of nitrogen functional groups attached to an aromatic ring is 1. The molecule has 24 heavy (non-hydrogen) atoms. The Morgan fingerprint density at radius 3 is 2.46 bits per heavy atom. The summed E-state index contributed by atoms with van der Waals surface area (Å²) >= 11 is 1.22. The number of nitrogens with zero attached hydrogens (tertiary/aromatic N) is 3. The summed E-state index contributed by atoms with van der Waals surface area (Å²) < 4.78 is 0. The smallest absolute Gasteiger partial charge is 0.264 e. The summed E-state index contributed by atoms with van der Waals surface area (Å²) in [6.45, 7) is 3.64. The molecule has 3 rings (SSSR count). The van der Waals surface area contributed by atoms with Crippen molar-refractivity contribution in [2.24, 2.45) is 0 Å². The van der Waals surface area contributed by atoms with Gasteiger partial charge in [-0.1, -0.05) is 0 Å². The van der Waals surface area contributed by atoms with Crippen molar-refractivity contribution < 1.29 is 9.59 Å². The first-order valence-electron chi connectivity index (χ1n) is 7.46. The van der Waals surface area contributed by atoms with E-state index >= 15 is 0 Å². The van der Waals surface area contributed by atoms with Crippen LogP contribution >= 0.6 is 11.3 Å². The van der Waals surface area contributed by atoms with Crippen LogP contribution < -0.4 is 16.2 Å². The number of rotatable bonds is 3. The van der Waals surface area contributed by atoms with Crippen LogP contribution in [0.1, 0.15) is 26.3 Å². The number of amides is 1. The summed E-state index contributed by atoms with van der Waals surface area (Å²) in [5, 5.41) is 0. The molecule has 0 atom stereocenters. The number of hydrogen-bond acceptors (Lipinski definition) is 7. The maximum atomic E-state index is 12.5. The van der Waals surface area contributed by atoms with Crippen molar-refractivity contribution in [3.63, 3.8) is 0 Å². The highest BCUT2D eigenvalue weighted by molar-refractivity contribution is 7.15. The van der Waals surface area contributed by atoms with E-state index in [1.54, 1.807) is 17.0 Å². The lowest BCUT2D eigenvalue weighted by molar-refractivity contribution is 0.0751. The van der Waals surface area contributed by atoms with Crippen LogP contribution in [0.5, 0.6) is 0 Å². The lowest BCUT2D eigenvalue weighted by Crippen LogP contribution is -2.49. The zero-order chi connectivity index (χ0) is 17.3. The van der Waals surface area contributed by atoms with Gasteiger partial charge in [0.1, 0.15) is 5.82 Å². The molecule has 2 aromatic rings. The Hall–Kier alpha value is -2.68. The molecule has 0 aliphatic carbocycles. The van der Waals surface area contributed by atoms with Crippen molar-refractivity contribution in [1.29, 1.82) is 0 Å². The summed E-state index contributed by atoms with van der Waals surface area (Å²) in [5.41, 5.74) is 5.26. The Balaban J connectivity index is 1.66. The Labute approximate surface area is 141 Å². The van der Waals surface area contributed by atoms with Gasteiger partial charge < -0.3 is 15.5 Å². The van der Waals surface area contributed by atoms with E-state index in [9.17, 15) is 14.4 Å². The predicted molar refractivity (Wildman–Crippen MR) is 91.7 cm³/mol. The number of carbonyl (C=O) groups is 2. The van der Waals surface area contributed by atoms with Gasteiger partial charge in [0.15, 0.2) is 5.78 Å². The van der Waals surface area contributed by atoms with Crippen molar-refractivity contribution in [1.82, 2.24) is 14.9 Å². The summed E-state index contributed by atoms with van der Waals surface area (Å²) in [6.07, 6.45) is 0. The first kappa shape index (κ1) is 16.2. The minimum absolute atomic E-state index is 0.0400. The molecule has 126 valence electrons. The third kappa shape index (κ3) is 3.30. The zero-order valence-electron chi connectivity index (χ0n) is 13.1. The minimum atomic E-state index is -0.300. The Morgan fingerprint density at radius 1 is 1.21 bits per heavy atom. The van der Waals surface area contributed by atoms with Gasteiger partial charge in [-0.2, -0.15) is 4.98 Å². The highest BCUT2D eigenvalue weighted by atomic mass is 32.1. The van der Waals surface area contributed by atoms with Crippen LogP contribution in [-0.2, 0) is 0 Å². The number of anilines is 2. The molecule has 0 spiro atoms. The number of H-pyrrole nitrogens is 1. The quantitative estimate of drug-likeness (QED) is 0.786. The van der Waals surface area contributed by atoms with Gasteiger partial charge in [0.2, 0.25) is 5.95 Å². The van der Waals surface area contributed by atoms with Gasteiger partial charge in [0, 0.05) is 32.2 Å². The molecule has 1 amide bonds. The summed E-state index contributed by atoms with van der Waals surface area (Å²) in [5.74, 6) is 0.469. The maximum absolute atomic E-state index is 12.5. The van der Waals surface area contributed by atoms with Crippen molar-refractivity contribution in [3.8, 4) is 0 Å². The van der Waals surface area contributed by atoms with Crippen LogP contribution in [0.2, 0.25) is 0 Å². The van der Waals surface area contributed by atoms with Gasteiger partial charge in [-0.25, -0.2) is 0 Å². The molecular weight excluding hydrogens is 330 g/mol. The maximum Gasteiger partial charge on any atom is 0.264 e. The first-order valence-corrected chi connectivity index (χ1v) is 8.27. The van der Waals surface area contributed by atoms with Crippen LogP contribution in [0.15, 0.2) is 23.0 Å². The minimum Gasteiger partial charge on any atom is -0.369 e. The molecule has 0 aromatic carbocycles. The Kier molecular flexibility index (Phi) is 4.34. The second-order valence-corrected chi connectivity index (χ2v) is 6.57. The fourth-order valence-corrected chi connectivity index (χ4v) is 3.43. The summed E-state index contributed by atoms with van der Waals surface area (Å²) in [6, 6.07) is 4.76. The highest BCUT2D eigenvalue weighted by Gasteiger charge is 2.24. The second-order valence-electron chi connectivity index (χ2n) is 5.49. The number of nitrogens with one attached hydrogen (secondary N) is 1. The van der Waals surface area contributed by atoms with Gasteiger partial charge in [-0.3, -0.25) is 19.4 Å². The average molecular weight is 347 g/mol. The topological polar surface area (TPSA) is 112 Å². The Bertz CT molecular complexity index is 836. The number of aromatic nitrogens is 2. The van der Waals surface area contributed by atoms with Crippen molar-refractivity contribution in [2.45, 2.75) is 6.92 Å². The molecule has 8 nitrogen and oxygen atoms in total. The van der Waals surface area contributed by atoms with Crippen LogP contribution in [0.25, 0.3) is 0 Å². The number of nitrogens with two attached hydrogens (primary N) is 1. The SMILES string of the molecule is CC(=O)c1ccc(C(=O)N2CCN(c3cc(=O)[nH]c(N)n3)CC2)s1. The molecule has 2 aromatic heterocycles. The molecule has 0 unspecified atom stereocenters. The second kappa shape index (κ2) is 6.44. The summed E-state index contributed by atoms with van der Waals surface area (Å²) in [4.78, 5) is 46.7. The molecule has 0 bridgehead atoms. The number of carbonyl (C=O) groups excluding carboxylic acids is 2. The number of Topliss-reactive ketones (excluding diaryl/α,β-unsaturated/α-hetero) is 1. The molecule has 0 radical (unpaired) electrons. The largest absolute Gasteiger partial charge is 0.369 e. The van der Waals surface area contributed by atoms with Crippen LogP contribution in [0.4, 0.5) is 11.8 Å².